The van der Waals surface area contributed by atoms with Crippen LogP contribution < -0.4 is 25.4 Å². The van der Waals surface area contributed by atoms with Gasteiger partial charge in [0.05, 0.1) is 24.5 Å². The summed E-state index contributed by atoms with van der Waals surface area (Å²) in [4.78, 5) is 23.7. The molecule has 2 aromatic rings. The number of anilines is 2. The molecule has 0 aromatic heterocycles. The topological polar surface area (TPSA) is 88.7 Å². The van der Waals surface area contributed by atoms with Gasteiger partial charge in [0.15, 0.2) is 6.61 Å². The van der Waals surface area contributed by atoms with Gasteiger partial charge < -0.3 is 25.4 Å². The van der Waals surface area contributed by atoms with Crippen LogP contribution in [0.3, 0.4) is 0 Å². The van der Waals surface area contributed by atoms with E-state index in [0.29, 0.717) is 28.8 Å². The van der Waals surface area contributed by atoms with Crippen molar-refractivity contribution in [2.24, 2.45) is 0 Å². The average Bonchev–Trinajstić information content (AvgIpc) is 2.67. The van der Waals surface area contributed by atoms with Crippen LogP contribution in [0.1, 0.15) is 24.9 Å². The van der Waals surface area contributed by atoms with Gasteiger partial charge in [-0.1, -0.05) is 17.7 Å². The maximum absolute atomic E-state index is 12.3. The Morgan fingerprint density at radius 1 is 1.32 bits per heavy atom. The zero-order valence-corrected chi connectivity index (χ0v) is 16.4. The quantitative estimate of drug-likeness (QED) is 0.659. The van der Waals surface area contributed by atoms with Gasteiger partial charge in [-0.15, -0.1) is 0 Å². The summed E-state index contributed by atoms with van der Waals surface area (Å²) in [6.07, 6.45) is 0.283. The van der Waals surface area contributed by atoms with Gasteiger partial charge in [0.1, 0.15) is 11.5 Å². The van der Waals surface area contributed by atoms with Gasteiger partial charge in [-0.25, -0.2) is 0 Å². The van der Waals surface area contributed by atoms with Gasteiger partial charge in [-0.3, -0.25) is 9.59 Å². The van der Waals surface area contributed by atoms with Gasteiger partial charge >= 0.3 is 0 Å². The minimum atomic E-state index is -0.211. The summed E-state index contributed by atoms with van der Waals surface area (Å²) >= 11 is 6.00. The molecule has 0 aliphatic carbocycles. The number of fused-ring (bicyclic) bond motifs is 1. The largest absolute Gasteiger partial charge is 0.495 e. The number of amides is 2. The Morgan fingerprint density at radius 3 is 2.93 bits per heavy atom. The van der Waals surface area contributed by atoms with Crippen LogP contribution in [-0.2, 0) is 9.59 Å². The third-order valence-electron chi connectivity index (χ3n) is 4.34. The second-order valence-corrected chi connectivity index (χ2v) is 6.84. The molecule has 0 fully saturated rings. The van der Waals surface area contributed by atoms with Crippen LogP contribution in [-0.4, -0.2) is 32.1 Å². The van der Waals surface area contributed by atoms with Crippen LogP contribution in [0.25, 0.3) is 0 Å². The average molecular weight is 404 g/mol. The molecule has 3 N–H and O–H groups in total. The van der Waals surface area contributed by atoms with E-state index in [0.717, 1.165) is 11.3 Å². The van der Waals surface area contributed by atoms with Crippen LogP contribution >= 0.6 is 11.6 Å². The fourth-order valence-electron chi connectivity index (χ4n) is 2.90. The highest BCUT2D eigenvalue weighted by atomic mass is 35.5. The zero-order chi connectivity index (χ0) is 20.1. The number of halogens is 1. The molecule has 0 radical (unpaired) electrons. The lowest BCUT2D eigenvalue weighted by Gasteiger charge is -2.21. The lowest BCUT2D eigenvalue weighted by atomic mass is 10.1. The Balaban J connectivity index is 1.53. The first-order valence-electron chi connectivity index (χ1n) is 8.89. The summed E-state index contributed by atoms with van der Waals surface area (Å²) in [6.45, 7) is 2.34. The van der Waals surface area contributed by atoms with Crippen molar-refractivity contribution in [3.63, 3.8) is 0 Å². The molecule has 1 aliphatic heterocycles. The van der Waals surface area contributed by atoms with E-state index in [-0.39, 0.29) is 30.9 Å². The maximum Gasteiger partial charge on any atom is 0.262 e. The van der Waals surface area contributed by atoms with Gasteiger partial charge in [-0.05, 0) is 42.8 Å². The highest BCUT2D eigenvalue weighted by Gasteiger charge is 2.18. The van der Waals surface area contributed by atoms with Crippen molar-refractivity contribution in [3.8, 4) is 11.5 Å². The Hall–Kier alpha value is -2.93. The van der Waals surface area contributed by atoms with E-state index in [1.54, 1.807) is 31.4 Å². The predicted molar refractivity (Wildman–Crippen MR) is 108 cm³/mol. The molecule has 8 heteroatoms. The van der Waals surface area contributed by atoms with Crippen LogP contribution in [0.4, 0.5) is 11.4 Å². The molecule has 0 bridgehead atoms. The number of methoxy groups -OCH3 is 1. The molecular weight excluding hydrogens is 382 g/mol. The van der Waals surface area contributed by atoms with E-state index < -0.39 is 0 Å². The molecule has 0 saturated heterocycles. The van der Waals surface area contributed by atoms with E-state index in [1.807, 2.05) is 19.1 Å². The Bertz CT molecular complexity index is 888. The summed E-state index contributed by atoms with van der Waals surface area (Å²) in [7, 11) is 1.58. The van der Waals surface area contributed by atoms with Crippen molar-refractivity contribution in [1.29, 1.82) is 0 Å². The fourth-order valence-corrected chi connectivity index (χ4v) is 3.07. The number of carbonyl (C=O) groups excluding carboxylic acids is 2. The summed E-state index contributed by atoms with van der Waals surface area (Å²) in [5, 5.41) is 9.47. The monoisotopic (exact) mass is 403 g/mol. The number of hydrogen-bond acceptors (Lipinski definition) is 5. The van der Waals surface area contributed by atoms with E-state index in [2.05, 4.69) is 16.0 Å². The second kappa shape index (κ2) is 8.84. The number of rotatable bonds is 7. The molecule has 1 atom stereocenters. The van der Waals surface area contributed by atoms with Gasteiger partial charge in [0.25, 0.3) is 5.91 Å². The molecule has 1 unspecified atom stereocenters. The highest BCUT2D eigenvalue weighted by molar-refractivity contribution is 6.30. The highest BCUT2D eigenvalue weighted by Crippen LogP contribution is 2.30. The number of benzene rings is 2. The van der Waals surface area contributed by atoms with Crippen LogP contribution in [0, 0.1) is 0 Å². The molecule has 28 heavy (non-hydrogen) atoms. The van der Waals surface area contributed by atoms with Gasteiger partial charge in [-0.2, -0.15) is 0 Å². The first-order valence-corrected chi connectivity index (χ1v) is 9.27. The third-order valence-corrected chi connectivity index (χ3v) is 4.58. The number of hydrogen-bond donors (Lipinski definition) is 3. The van der Waals surface area contributed by atoms with E-state index in [9.17, 15) is 9.59 Å². The molecular formula is C20H22ClN3O4. The van der Waals surface area contributed by atoms with Crippen molar-refractivity contribution in [2.45, 2.75) is 19.4 Å². The van der Waals surface area contributed by atoms with Crippen molar-refractivity contribution in [3.05, 3.63) is 47.0 Å². The van der Waals surface area contributed by atoms with Crippen LogP contribution in [0.5, 0.6) is 11.5 Å². The van der Waals surface area contributed by atoms with E-state index >= 15 is 0 Å². The minimum absolute atomic E-state index is 0.0169. The van der Waals surface area contributed by atoms with E-state index in [4.69, 9.17) is 21.1 Å². The first-order chi connectivity index (χ1) is 13.5. The van der Waals surface area contributed by atoms with Crippen molar-refractivity contribution < 1.29 is 19.1 Å². The maximum atomic E-state index is 12.3. The summed E-state index contributed by atoms with van der Waals surface area (Å²) in [6, 6.07) is 10.5. The fraction of sp³-hybridized carbons (Fsp3) is 0.300. The Kier molecular flexibility index (Phi) is 6.26. The predicted octanol–water partition coefficient (Wildman–Crippen LogP) is 3.36. The lowest BCUT2D eigenvalue weighted by Crippen LogP contribution is -2.29. The number of nitrogens with one attached hydrogen (secondary N) is 3. The summed E-state index contributed by atoms with van der Waals surface area (Å²) < 4.78 is 10.6. The number of carbonyl (C=O) groups is 2. The van der Waals surface area contributed by atoms with Crippen molar-refractivity contribution in [1.82, 2.24) is 5.32 Å². The molecule has 2 amide bonds. The molecule has 7 nitrogen and oxygen atoms in total. The summed E-state index contributed by atoms with van der Waals surface area (Å²) in [5.74, 6) is 1.00. The molecule has 0 spiro atoms. The van der Waals surface area contributed by atoms with Crippen LogP contribution in [0.2, 0.25) is 5.02 Å². The van der Waals surface area contributed by atoms with Crippen molar-refractivity contribution in [2.75, 3.05) is 30.9 Å². The summed E-state index contributed by atoms with van der Waals surface area (Å²) in [5.41, 5.74) is 2.23. The standard InChI is InChI=1S/C20H22ClN3O4/c1-12(13-3-5-18-16(9-13)24-20(26)11-28-18)23-19(25)7-8-22-15-10-14(21)4-6-17(15)27-2/h3-6,9-10,12,22H,7-8,11H2,1-2H3,(H,23,25)(H,24,26). The molecule has 1 heterocycles. The van der Waals surface area contributed by atoms with Crippen molar-refractivity contribution >= 4 is 34.8 Å². The second-order valence-electron chi connectivity index (χ2n) is 6.40. The molecule has 2 aromatic carbocycles. The van der Waals surface area contributed by atoms with Crippen LogP contribution in [0.15, 0.2) is 36.4 Å². The minimum Gasteiger partial charge on any atom is -0.495 e. The van der Waals surface area contributed by atoms with E-state index in [1.165, 1.54) is 0 Å². The Morgan fingerprint density at radius 2 is 2.14 bits per heavy atom. The first kappa shape index (κ1) is 19.8. The molecule has 3 rings (SSSR count). The third kappa shape index (κ3) is 4.86. The molecule has 0 saturated carbocycles. The van der Waals surface area contributed by atoms with Gasteiger partial charge in [0, 0.05) is 18.0 Å². The SMILES string of the molecule is COc1ccc(Cl)cc1NCCC(=O)NC(C)c1ccc2c(c1)NC(=O)CO2. The molecule has 1 aliphatic rings. The zero-order valence-electron chi connectivity index (χ0n) is 15.7. The lowest BCUT2D eigenvalue weighted by molar-refractivity contribution is -0.121. The normalized spacial score (nSPS) is 13.6. The van der Waals surface area contributed by atoms with Gasteiger partial charge in [0.2, 0.25) is 5.91 Å². The smallest absolute Gasteiger partial charge is 0.262 e. The molecule has 148 valence electrons. The number of ether oxygens (including phenoxy) is 2. The Labute approximate surface area is 168 Å².